The third-order valence-corrected chi connectivity index (χ3v) is 5.15. The predicted molar refractivity (Wildman–Crippen MR) is 96.0 cm³/mol. The molecule has 0 aromatic carbocycles. The van der Waals surface area contributed by atoms with Crippen molar-refractivity contribution in [2.75, 3.05) is 5.75 Å². The van der Waals surface area contributed by atoms with E-state index in [1.165, 1.54) is 64.2 Å². The minimum atomic E-state index is -3.76. The summed E-state index contributed by atoms with van der Waals surface area (Å²) in [5.41, 5.74) is 0. The first-order valence-corrected chi connectivity index (χ1v) is 10.7. The van der Waals surface area contributed by atoms with Crippen molar-refractivity contribution in [3.05, 3.63) is 0 Å². The van der Waals surface area contributed by atoms with Gasteiger partial charge in [0.2, 0.25) is 0 Å². The van der Waals surface area contributed by atoms with Crippen LogP contribution in [-0.4, -0.2) is 24.0 Å². The number of rotatable bonds is 15. The molecule has 6 heteroatoms. The molecular weight excluding hydrogens is 327 g/mol. The maximum absolute atomic E-state index is 10.5. The molecule has 130 valence electrons. The fraction of sp³-hybridized carbons (Fsp3) is 1.00. The van der Waals surface area contributed by atoms with Crippen LogP contribution in [0.15, 0.2) is 0 Å². The zero-order chi connectivity index (χ0) is 16.0. The molecule has 0 aliphatic rings. The van der Waals surface area contributed by atoms with E-state index in [2.05, 4.69) is 19.6 Å². The number of unbranched alkanes of at least 4 members (excludes halogenated alkanes) is 9. The number of hydrogen-bond acceptors (Lipinski definition) is 3. The predicted octanol–water partition coefficient (Wildman–Crippen LogP) is 2.38. The van der Waals surface area contributed by atoms with E-state index in [1.54, 1.807) is 0 Å². The molecule has 0 fully saturated rings. The van der Waals surface area contributed by atoms with Gasteiger partial charge in [0, 0.05) is 5.25 Å². The second-order valence-corrected chi connectivity index (χ2v) is 8.36. The first-order chi connectivity index (χ1) is 9.95. The molecule has 0 aromatic heterocycles. The Balaban J connectivity index is -0.00000200. The van der Waals surface area contributed by atoms with E-state index in [-0.39, 0.29) is 36.7 Å². The van der Waals surface area contributed by atoms with Crippen LogP contribution in [0.5, 0.6) is 0 Å². The van der Waals surface area contributed by atoms with Crippen molar-refractivity contribution in [1.82, 2.24) is 0 Å². The molecule has 1 unspecified atom stereocenters. The fourth-order valence-electron chi connectivity index (χ4n) is 2.50. The molecular formula is C16H35NaO3S2. The Morgan fingerprint density at radius 1 is 0.864 bits per heavy atom. The Morgan fingerprint density at radius 3 is 1.73 bits per heavy atom. The molecule has 1 N–H and O–H groups in total. The Hall–Kier alpha value is 1.26. The molecule has 0 radical (unpaired) electrons. The van der Waals surface area contributed by atoms with Gasteiger partial charge in [-0.2, -0.15) is 21.0 Å². The van der Waals surface area contributed by atoms with E-state index in [0.29, 0.717) is 11.7 Å². The molecule has 3 nitrogen and oxygen atoms in total. The molecule has 0 aliphatic carbocycles. The molecule has 0 aromatic rings. The average Bonchev–Trinajstić information content (AvgIpc) is 2.40. The fourth-order valence-corrected chi connectivity index (χ4v) is 3.43. The van der Waals surface area contributed by atoms with Crippen molar-refractivity contribution in [2.45, 2.75) is 95.6 Å². The second kappa shape index (κ2) is 17.1. The van der Waals surface area contributed by atoms with Crippen molar-refractivity contribution in [1.29, 1.82) is 0 Å². The van der Waals surface area contributed by atoms with Gasteiger partial charge in [-0.1, -0.05) is 71.1 Å². The quantitative estimate of drug-likeness (QED) is 0.204. The van der Waals surface area contributed by atoms with Gasteiger partial charge in [-0.25, -0.2) is 0 Å². The van der Waals surface area contributed by atoms with Crippen LogP contribution in [0.4, 0.5) is 0 Å². The topological polar surface area (TPSA) is 54.4 Å². The van der Waals surface area contributed by atoms with Crippen LogP contribution in [0.2, 0.25) is 0 Å². The standard InChI is InChI=1S/C16H34O3S2.Na.H/c1-2-3-4-10-13-16(20)14-11-8-6-5-7-9-12-15-21(17,18)19;;/h16,20H,2-15H2,1H3,(H,17,18,19);;/q;+1;-1. The van der Waals surface area contributed by atoms with Crippen LogP contribution in [0.3, 0.4) is 0 Å². The minimum Gasteiger partial charge on any atom is -1.00 e. The molecule has 1 atom stereocenters. The Labute approximate surface area is 167 Å². The van der Waals surface area contributed by atoms with Crippen LogP contribution >= 0.6 is 12.6 Å². The third kappa shape index (κ3) is 21.3. The Morgan fingerprint density at radius 2 is 1.27 bits per heavy atom. The van der Waals surface area contributed by atoms with Crippen molar-refractivity contribution in [2.24, 2.45) is 0 Å². The summed E-state index contributed by atoms with van der Waals surface area (Å²) in [7, 11) is -3.76. The zero-order valence-electron chi connectivity index (χ0n) is 15.6. The minimum absolute atomic E-state index is 0. The third-order valence-electron chi connectivity index (χ3n) is 3.83. The molecule has 0 spiro atoms. The maximum atomic E-state index is 10.5. The van der Waals surface area contributed by atoms with Crippen molar-refractivity contribution in [3.8, 4) is 0 Å². The molecule has 0 saturated carbocycles. The summed E-state index contributed by atoms with van der Waals surface area (Å²) < 4.78 is 29.7. The Kier molecular flexibility index (Phi) is 19.8. The smallest absolute Gasteiger partial charge is 1.00 e. The van der Waals surface area contributed by atoms with Gasteiger partial charge in [-0.3, -0.25) is 4.55 Å². The normalized spacial score (nSPS) is 12.9. The van der Waals surface area contributed by atoms with Gasteiger partial charge >= 0.3 is 29.6 Å². The van der Waals surface area contributed by atoms with E-state index in [9.17, 15) is 8.42 Å². The summed E-state index contributed by atoms with van der Waals surface area (Å²) in [5.74, 6) is -0.0909. The van der Waals surface area contributed by atoms with Gasteiger partial charge in [0.15, 0.2) is 0 Å². The molecule has 0 aliphatic heterocycles. The van der Waals surface area contributed by atoms with E-state index in [0.717, 1.165) is 12.8 Å². The SMILES string of the molecule is CCCCCCC(S)CCCCCCCCCS(=O)(=O)O.[H-].[Na+]. The number of thiol groups is 1. The van der Waals surface area contributed by atoms with E-state index in [1.807, 2.05) is 0 Å². The second-order valence-electron chi connectivity index (χ2n) is 6.05. The van der Waals surface area contributed by atoms with Crippen LogP contribution in [0.25, 0.3) is 0 Å². The van der Waals surface area contributed by atoms with Gasteiger partial charge in [0.1, 0.15) is 0 Å². The van der Waals surface area contributed by atoms with E-state index in [4.69, 9.17) is 4.55 Å². The molecule has 0 bridgehead atoms. The van der Waals surface area contributed by atoms with E-state index >= 15 is 0 Å². The Bertz CT molecular complexity index is 327. The van der Waals surface area contributed by atoms with Crippen LogP contribution in [-0.2, 0) is 10.1 Å². The average molecular weight is 363 g/mol. The van der Waals surface area contributed by atoms with Crippen LogP contribution in [0.1, 0.15) is 91.8 Å². The molecule has 22 heavy (non-hydrogen) atoms. The monoisotopic (exact) mass is 362 g/mol. The zero-order valence-corrected chi connectivity index (χ0v) is 18.3. The summed E-state index contributed by atoms with van der Waals surface area (Å²) in [6.45, 7) is 2.24. The summed E-state index contributed by atoms with van der Waals surface area (Å²) >= 11 is 4.65. The molecule has 0 saturated heterocycles. The van der Waals surface area contributed by atoms with Crippen LogP contribution < -0.4 is 29.6 Å². The summed E-state index contributed by atoms with van der Waals surface area (Å²) in [6, 6.07) is 0. The first-order valence-electron chi connectivity index (χ1n) is 8.59. The molecule has 0 heterocycles. The van der Waals surface area contributed by atoms with Gasteiger partial charge in [0.25, 0.3) is 10.1 Å². The van der Waals surface area contributed by atoms with Crippen LogP contribution in [0, 0.1) is 0 Å². The summed E-state index contributed by atoms with van der Waals surface area (Å²) in [4.78, 5) is 0. The van der Waals surface area contributed by atoms with Crippen molar-refractivity contribution < 1.29 is 44.0 Å². The number of hydrogen-bond donors (Lipinski definition) is 2. The van der Waals surface area contributed by atoms with Gasteiger partial charge in [-0.15, -0.1) is 0 Å². The van der Waals surface area contributed by atoms with Gasteiger partial charge in [0.05, 0.1) is 5.75 Å². The summed E-state index contributed by atoms with van der Waals surface area (Å²) in [6.07, 6.45) is 15.2. The van der Waals surface area contributed by atoms with Crippen molar-refractivity contribution in [3.63, 3.8) is 0 Å². The van der Waals surface area contributed by atoms with Gasteiger partial charge in [-0.05, 0) is 19.3 Å². The van der Waals surface area contributed by atoms with Crippen molar-refractivity contribution >= 4 is 22.7 Å². The van der Waals surface area contributed by atoms with Gasteiger partial charge < -0.3 is 1.43 Å². The first kappa shape index (κ1) is 25.5. The van der Waals surface area contributed by atoms with E-state index < -0.39 is 10.1 Å². The maximum Gasteiger partial charge on any atom is 1.00 e. The molecule has 0 rings (SSSR count). The largest absolute Gasteiger partial charge is 1.00 e. The molecule has 0 amide bonds. The summed E-state index contributed by atoms with van der Waals surface area (Å²) in [5, 5.41) is 0.566.